The van der Waals surface area contributed by atoms with E-state index >= 15 is 0 Å². The lowest BCUT2D eigenvalue weighted by Crippen LogP contribution is -2.28. The summed E-state index contributed by atoms with van der Waals surface area (Å²) in [6.07, 6.45) is 0. The van der Waals surface area contributed by atoms with Crippen LogP contribution < -0.4 is 5.32 Å². The molecular weight excluding hydrogens is 431 g/mol. The number of hydrogen-bond donors (Lipinski definition) is 2. The van der Waals surface area contributed by atoms with Crippen LogP contribution >= 0.6 is 11.6 Å². The molecule has 0 saturated carbocycles. The Morgan fingerprint density at radius 3 is 2.50 bits per heavy atom. The van der Waals surface area contributed by atoms with Crippen LogP contribution in [0.25, 0.3) is 10.9 Å². The van der Waals surface area contributed by atoms with E-state index in [1.54, 1.807) is 61.9 Å². The van der Waals surface area contributed by atoms with Crippen molar-refractivity contribution in [2.75, 3.05) is 5.75 Å². The predicted molar refractivity (Wildman–Crippen MR) is 114 cm³/mol. The van der Waals surface area contributed by atoms with E-state index in [9.17, 15) is 18.2 Å². The molecule has 3 aromatic rings. The molecule has 0 fully saturated rings. The number of rotatable bonds is 6. The van der Waals surface area contributed by atoms with Crippen LogP contribution in [0.2, 0.25) is 5.02 Å². The summed E-state index contributed by atoms with van der Waals surface area (Å²) in [6.45, 7) is 3.41. The minimum absolute atomic E-state index is 0.0161. The number of carboxylic acid groups (broad SMARTS) is 1. The van der Waals surface area contributed by atoms with Crippen molar-refractivity contribution in [3.63, 3.8) is 0 Å². The summed E-state index contributed by atoms with van der Waals surface area (Å²) in [5, 5.41) is 12.1. The average molecular weight is 451 g/mol. The van der Waals surface area contributed by atoms with E-state index in [1.807, 2.05) is 0 Å². The summed E-state index contributed by atoms with van der Waals surface area (Å²) in [7, 11) is 0.0832. The van der Waals surface area contributed by atoms with Gasteiger partial charge in [-0.2, -0.15) is 0 Å². The number of carboxylic acids is 1. The Morgan fingerprint density at radius 1 is 1.27 bits per heavy atom. The smallest absolute Gasteiger partial charge is 0.316 e. The molecule has 0 aliphatic carbocycles. The Balaban J connectivity index is 1.80. The number of carbonyl (C=O) groups is 2. The minimum Gasteiger partial charge on any atom is -0.481 e. The third-order valence-electron chi connectivity index (χ3n) is 4.89. The van der Waals surface area contributed by atoms with Gasteiger partial charge in [0.25, 0.3) is 5.91 Å². The second kappa shape index (κ2) is 8.57. The first-order chi connectivity index (χ1) is 14.1. The predicted octanol–water partition coefficient (Wildman–Crippen LogP) is 3.96. The van der Waals surface area contributed by atoms with Gasteiger partial charge in [-0.1, -0.05) is 23.7 Å². The number of fused-ring (bicyclic) bond motifs is 1. The van der Waals surface area contributed by atoms with Gasteiger partial charge in [0, 0.05) is 17.3 Å². The van der Waals surface area contributed by atoms with Gasteiger partial charge in [-0.3, -0.25) is 13.8 Å². The molecule has 9 heteroatoms. The van der Waals surface area contributed by atoms with Gasteiger partial charge < -0.3 is 15.0 Å². The van der Waals surface area contributed by atoms with Crippen molar-refractivity contribution in [2.45, 2.75) is 24.8 Å². The summed E-state index contributed by atoms with van der Waals surface area (Å²) in [5.41, 5.74) is 2.15. The van der Waals surface area contributed by atoms with E-state index in [0.717, 1.165) is 5.56 Å². The highest BCUT2D eigenvalue weighted by molar-refractivity contribution is 7.85. The molecule has 1 amide bonds. The summed E-state index contributed by atoms with van der Waals surface area (Å²) in [6, 6.07) is 9.38. The van der Waals surface area contributed by atoms with Crippen LogP contribution in [-0.4, -0.2) is 31.5 Å². The first kappa shape index (κ1) is 22.0. The molecule has 0 radical (unpaired) electrons. The molecule has 0 aliphatic rings. The maximum absolute atomic E-state index is 14.1. The molecule has 2 unspecified atom stereocenters. The summed E-state index contributed by atoms with van der Waals surface area (Å²) >= 11 is 6.11. The number of aryl methyl sites for hydroxylation is 2. The Morgan fingerprint density at radius 2 is 1.90 bits per heavy atom. The zero-order valence-corrected chi connectivity index (χ0v) is 18.1. The van der Waals surface area contributed by atoms with Crippen molar-refractivity contribution in [3.8, 4) is 0 Å². The largest absolute Gasteiger partial charge is 0.481 e. The summed E-state index contributed by atoms with van der Waals surface area (Å²) in [4.78, 5) is 23.9. The number of benzene rings is 2. The number of nitrogens with one attached hydrogen (secondary N) is 1. The molecule has 30 heavy (non-hydrogen) atoms. The SMILES string of the molecule is Cc1cc2c(cc(C(=O)NC(C)c3ccc(S(=O)CC(=O)O)cc3)n2C)c(Cl)c1F. The monoisotopic (exact) mass is 450 g/mol. The van der Waals surface area contributed by atoms with Crippen molar-refractivity contribution >= 4 is 45.2 Å². The molecule has 2 atom stereocenters. The molecule has 0 bridgehead atoms. The van der Waals surface area contributed by atoms with Crippen molar-refractivity contribution in [3.05, 3.63) is 64.1 Å². The van der Waals surface area contributed by atoms with Gasteiger partial charge in [0.1, 0.15) is 17.3 Å². The Labute approximate surface area is 180 Å². The highest BCUT2D eigenvalue weighted by Crippen LogP contribution is 2.31. The van der Waals surface area contributed by atoms with Crippen molar-refractivity contribution in [1.29, 1.82) is 0 Å². The van der Waals surface area contributed by atoms with Gasteiger partial charge in [-0.25, -0.2) is 4.39 Å². The van der Waals surface area contributed by atoms with Crippen LogP contribution in [0.4, 0.5) is 4.39 Å². The van der Waals surface area contributed by atoms with Gasteiger partial charge in [0.2, 0.25) is 0 Å². The van der Waals surface area contributed by atoms with Gasteiger partial charge >= 0.3 is 5.97 Å². The van der Waals surface area contributed by atoms with Crippen molar-refractivity contribution < 1.29 is 23.3 Å². The van der Waals surface area contributed by atoms with E-state index < -0.39 is 28.3 Å². The third kappa shape index (κ3) is 4.24. The maximum Gasteiger partial charge on any atom is 0.316 e. The lowest BCUT2D eigenvalue weighted by Gasteiger charge is -2.15. The number of hydrogen-bond acceptors (Lipinski definition) is 3. The lowest BCUT2D eigenvalue weighted by atomic mass is 10.1. The van der Waals surface area contributed by atoms with Crippen LogP contribution in [0.1, 0.15) is 34.6 Å². The van der Waals surface area contributed by atoms with Crippen molar-refractivity contribution in [2.24, 2.45) is 7.05 Å². The molecule has 158 valence electrons. The Hall–Kier alpha value is -2.71. The Kier molecular flexibility index (Phi) is 6.28. The molecule has 2 N–H and O–H groups in total. The number of aliphatic carboxylic acids is 1. The van der Waals surface area contributed by atoms with E-state index in [0.29, 0.717) is 27.1 Å². The van der Waals surface area contributed by atoms with E-state index in [1.165, 1.54) is 0 Å². The fourth-order valence-corrected chi connectivity index (χ4v) is 4.33. The van der Waals surface area contributed by atoms with Crippen LogP contribution in [0.3, 0.4) is 0 Å². The topological polar surface area (TPSA) is 88.4 Å². The van der Waals surface area contributed by atoms with Crippen LogP contribution in [0.15, 0.2) is 41.3 Å². The second-order valence-corrected chi connectivity index (χ2v) is 8.82. The number of aromatic nitrogens is 1. The highest BCUT2D eigenvalue weighted by atomic mass is 35.5. The van der Waals surface area contributed by atoms with Gasteiger partial charge in [0.15, 0.2) is 0 Å². The fourth-order valence-electron chi connectivity index (χ4n) is 3.20. The van der Waals surface area contributed by atoms with Crippen molar-refractivity contribution in [1.82, 2.24) is 9.88 Å². The molecule has 1 aromatic heterocycles. The highest BCUT2D eigenvalue weighted by Gasteiger charge is 2.20. The van der Waals surface area contributed by atoms with Crippen LogP contribution in [0.5, 0.6) is 0 Å². The standard InChI is InChI=1S/C21H20ClFN2O4S/c1-11-8-16-15(19(22)20(11)23)9-17(25(16)3)21(28)24-12(2)13-4-6-14(7-5-13)30(29)10-18(26)27/h4-9,12H,10H2,1-3H3,(H,24,28)(H,26,27). The quantitative estimate of drug-likeness (QED) is 0.595. The molecular formula is C21H20ClFN2O4S. The fraction of sp³-hybridized carbons (Fsp3) is 0.238. The lowest BCUT2D eigenvalue weighted by molar-refractivity contribution is -0.133. The second-order valence-electron chi connectivity index (χ2n) is 6.99. The zero-order chi connectivity index (χ0) is 22.2. The molecule has 0 aliphatic heterocycles. The summed E-state index contributed by atoms with van der Waals surface area (Å²) in [5.74, 6) is -2.46. The summed E-state index contributed by atoms with van der Waals surface area (Å²) < 4.78 is 27.7. The van der Waals surface area contributed by atoms with Gasteiger partial charge in [0.05, 0.1) is 27.4 Å². The number of carbonyl (C=O) groups excluding carboxylic acids is 1. The normalized spacial score (nSPS) is 13.2. The van der Waals surface area contributed by atoms with E-state index in [4.69, 9.17) is 16.7 Å². The first-order valence-corrected chi connectivity index (χ1v) is 10.7. The molecule has 1 heterocycles. The molecule has 6 nitrogen and oxygen atoms in total. The first-order valence-electron chi connectivity index (χ1n) is 9.05. The zero-order valence-electron chi connectivity index (χ0n) is 16.5. The Bertz CT molecular complexity index is 1170. The third-order valence-corrected chi connectivity index (χ3v) is 6.56. The van der Waals surface area contributed by atoms with E-state index in [-0.39, 0.29) is 17.0 Å². The molecule has 3 rings (SSSR count). The molecule has 2 aromatic carbocycles. The minimum atomic E-state index is -1.63. The molecule has 0 saturated heterocycles. The van der Waals surface area contributed by atoms with E-state index in [2.05, 4.69) is 5.32 Å². The number of amides is 1. The van der Waals surface area contributed by atoms with Crippen LogP contribution in [-0.2, 0) is 22.6 Å². The van der Waals surface area contributed by atoms with Gasteiger partial charge in [-0.05, 0) is 49.2 Å². The average Bonchev–Trinajstić information content (AvgIpc) is 3.02. The molecule has 0 spiro atoms. The number of nitrogens with zero attached hydrogens (tertiary/aromatic N) is 1. The van der Waals surface area contributed by atoms with Gasteiger partial charge in [-0.15, -0.1) is 0 Å². The van der Waals surface area contributed by atoms with Crippen LogP contribution in [0, 0.1) is 12.7 Å². The number of halogens is 2. The maximum atomic E-state index is 14.1.